The zero-order chi connectivity index (χ0) is 19.9. The van der Waals surface area contributed by atoms with Crippen LogP contribution in [0.3, 0.4) is 0 Å². The second kappa shape index (κ2) is 9.57. The molecule has 1 aliphatic carbocycles. The maximum absolute atomic E-state index is 12.5. The fraction of sp³-hybridized carbons (Fsp3) is 0.571. The van der Waals surface area contributed by atoms with Gasteiger partial charge in [-0.1, -0.05) is 43.5 Å². The van der Waals surface area contributed by atoms with Crippen molar-refractivity contribution >= 4 is 17.9 Å². The molecule has 0 saturated heterocycles. The van der Waals surface area contributed by atoms with Crippen LogP contribution in [0, 0.1) is 0 Å². The van der Waals surface area contributed by atoms with Crippen LogP contribution in [-0.4, -0.2) is 47.0 Å². The van der Waals surface area contributed by atoms with E-state index in [9.17, 15) is 19.5 Å². The Hall–Kier alpha value is -2.57. The minimum atomic E-state index is -0.911. The zero-order valence-electron chi connectivity index (χ0n) is 16.2. The SMILES string of the molecule is O=C(NCCCC(=O)N1Cc2ccccc2C(C(=O)O)C1)NC1CCCCC1. The van der Waals surface area contributed by atoms with E-state index < -0.39 is 11.9 Å². The molecule has 7 heteroatoms. The number of carboxylic acids is 1. The maximum atomic E-state index is 12.5. The molecule has 3 amide bonds. The highest BCUT2D eigenvalue weighted by Crippen LogP contribution is 2.28. The average Bonchev–Trinajstić information content (AvgIpc) is 2.70. The first-order valence-electron chi connectivity index (χ1n) is 10.2. The molecule has 2 aliphatic rings. The summed E-state index contributed by atoms with van der Waals surface area (Å²) in [6.45, 7) is 1.06. The second-order valence-corrected chi connectivity index (χ2v) is 7.70. The molecule has 0 spiro atoms. The normalized spacial score (nSPS) is 19.6. The number of amides is 3. The van der Waals surface area contributed by atoms with Crippen molar-refractivity contribution in [3.05, 3.63) is 35.4 Å². The van der Waals surface area contributed by atoms with Crippen LogP contribution >= 0.6 is 0 Å². The Kier molecular flexibility index (Phi) is 6.90. The fourth-order valence-corrected chi connectivity index (χ4v) is 4.09. The highest BCUT2D eigenvalue weighted by Gasteiger charge is 2.32. The molecule has 3 rings (SSSR count). The number of rotatable bonds is 6. The first-order chi connectivity index (χ1) is 13.5. The van der Waals surface area contributed by atoms with Gasteiger partial charge in [0.1, 0.15) is 0 Å². The minimum absolute atomic E-state index is 0.0739. The van der Waals surface area contributed by atoms with Crippen LogP contribution in [-0.2, 0) is 16.1 Å². The Labute approximate surface area is 165 Å². The van der Waals surface area contributed by atoms with Crippen LogP contribution < -0.4 is 10.6 Å². The summed E-state index contributed by atoms with van der Waals surface area (Å²) < 4.78 is 0. The first-order valence-corrected chi connectivity index (χ1v) is 10.2. The zero-order valence-corrected chi connectivity index (χ0v) is 16.2. The third-order valence-corrected chi connectivity index (χ3v) is 5.64. The van der Waals surface area contributed by atoms with Crippen molar-refractivity contribution in [3.63, 3.8) is 0 Å². The summed E-state index contributed by atoms with van der Waals surface area (Å²) in [6.07, 6.45) is 6.46. The summed E-state index contributed by atoms with van der Waals surface area (Å²) in [5.41, 5.74) is 1.68. The molecular formula is C21H29N3O4. The van der Waals surface area contributed by atoms with Gasteiger partial charge in [-0.25, -0.2) is 4.79 Å². The summed E-state index contributed by atoms with van der Waals surface area (Å²) in [7, 11) is 0. The standard InChI is InChI=1S/C21H29N3O4/c25-19(11-6-12-22-21(28)23-16-8-2-1-3-9-16)24-13-15-7-4-5-10-17(15)18(14-24)20(26)27/h4-5,7,10,16,18H,1-3,6,8-9,11-14H2,(H,26,27)(H2,22,23,28). The Balaban J connectivity index is 1.42. The molecule has 0 bridgehead atoms. The van der Waals surface area contributed by atoms with Gasteiger partial charge >= 0.3 is 12.0 Å². The lowest BCUT2D eigenvalue weighted by molar-refractivity contribution is -0.141. The van der Waals surface area contributed by atoms with E-state index >= 15 is 0 Å². The molecule has 3 N–H and O–H groups in total. The maximum Gasteiger partial charge on any atom is 0.315 e. The number of hydrogen-bond donors (Lipinski definition) is 3. The number of nitrogens with zero attached hydrogens (tertiary/aromatic N) is 1. The molecule has 1 aliphatic heterocycles. The highest BCUT2D eigenvalue weighted by atomic mass is 16.4. The number of carboxylic acid groups (broad SMARTS) is 1. The van der Waals surface area contributed by atoms with Crippen molar-refractivity contribution in [2.24, 2.45) is 0 Å². The van der Waals surface area contributed by atoms with Gasteiger partial charge in [-0.2, -0.15) is 0 Å². The van der Waals surface area contributed by atoms with Gasteiger partial charge < -0.3 is 20.6 Å². The number of fused-ring (bicyclic) bond motifs is 1. The summed E-state index contributed by atoms with van der Waals surface area (Å²) in [4.78, 5) is 37.7. The Morgan fingerprint density at radius 2 is 1.86 bits per heavy atom. The van der Waals surface area contributed by atoms with Gasteiger partial charge in [0.2, 0.25) is 5.91 Å². The van der Waals surface area contributed by atoms with Crippen molar-refractivity contribution in [1.29, 1.82) is 0 Å². The molecule has 28 heavy (non-hydrogen) atoms. The molecule has 1 saturated carbocycles. The van der Waals surface area contributed by atoms with Crippen LogP contribution in [0.5, 0.6) is 0 Å². The number of carbonyl (C=O) groups is 3. The van der Waals surface area contributed by atoms with Crippen LogP contribution in [0.15, 0.2) is 24.3 Å². The Morgan fingerprint density at radius 3 is 2.61 bits per heavy atom. The number of hydrogen-bond acceptors (Lipinski definition) is 3. The fourth-order valence-electron chi connectivity index (χ4n) is 4.09. The lowest BCUT2D eigenvalue weighted by Gasteiger charge is -2.33. The average molecular weight is 387 g/mol. The molecule has 1 unspecified atom stereocenters. The molecule has 1 fully saturated rings. The molecule has 1 aromatic rings. The van der Waals surface area contributed by atoms with Crippen molar-refractivity contribution in [3.8, 4) is 0 Å². The summed E-state index contributed by atoms with van der Waals surface area (Å²) in [5.74, 6) is -1.67. The Bertz CT molecular complexity index is 715. The third kappa shape index (κ3) is 5.24. The highest BCUT2D eigenvalue weighted by molar-refractivity contribution is 5.81. The van der Waals surface area contributed by atoms with E-state index in [4.69, 9.17) is 0 Å². The van der Waals surface area contributed by atoms with Crippen molar-refractivity contribution in [2.45, 2.75) is 63.5 Å². The molecule has 1 aromatic carbocycles. The summed E-state index contributed by atoms with van der Waals surface area (Å²) in [6, 6.07) is 7.48. The largest absolute Gasteiger partial charge is 0.481 e. The van der Waals surface area contributed by atoms with Gasteiger partial charge in [0.15, 0.2) is 0 Å². The van der Waals surface area contributed by atoms with E-state index in [1.165, 1.54) is 6.42 Å². The number of urea groups is 1. The van der Waals surface area contributed by atoms with Crippen LogP contribution in [0.4, 0.5) is 4.79 Å². The molecule has 0 aromatic heterocycles. The van der Waals surface area contributed by atoms with E-state index in [0.29, 0.717) is 19.5 Å². The number of carbonyl (C=O) groups excluding carboxylic acids is 2. The molecule has 7 nitrogen and oxygen atoms in total. The lowest BCUT2D eigenvalue weighted by Crippen LogP contribution is -2.43. The van der Waals surface area contributed by atoms with Gasteiger partial charge in [-0.3, -0.25) is 9.59 Å². The lowest BCUT2D eigenvalue weighted by atomic mass is 9.89. The second-order valence-electron chi connectivity index (χ2n) is 7.70. The summed E-state index contributed by atoms with van der Waals surface area (Å²) >= 11 is 0. The third-order valence-electron chi connectivity index (χ3n) is 5.64. The first kappa shape index (κ1) is 20.2. The molecular weight excluding hydrogens is 358 g/mol. The molecule has 152 valence electrons. The number of nitrogens with one attached hydrogen (secondary N) is 2. The number of benzene rings is 1. The Morgan fingerprint density at radius 1 is 1.11 bits per heavy atom. The van der Waals surface area contributed by atoms with Gasteiger partial charge in [0.25, 0.3) is 0 Å². The minimum Gasteiger partial charge on any atom is -0.481 e. The molecule has 1 atom stereocenters. The quantitative estimate of drug-likeness (QED) is 0.654. The molecule has 1 heterocycles. The van der Waals surface area contributed by atoms with E-state index in [1.807, 2.05) is 24.3 Å². The summed E-state index contributed by atoms with van der Waals surface area (Å²) in [5, 5.41) is 15.3. The van der Waals surface area contributed by atoms with E-state index in [-0.39, 0.29) is 30.9 Å². The van der Waals surface area contributed by atoms with Gasteiger partial charge in [0, 0.05) is 32.1 Å². The van der Waals surface area contributed by atoms with Crippen LogP contribution in [0.1, 0.15) is 62.0 Å². The predicted molar refractivity (Wildman–Crippen MR) is 105 cm³/mol. The smallest absolute Gasteiger partial charge is 0.315 e. The predicted octanol–water partition coefficient (Wildman–Crippen LogP) is 2.61. The topological polar surface area (TPSA) is 98.7 Å². The number of aliphatic carboxylic acids is 1. The van der Waals surface area contributed by atoms with E-state index in [2.05, 4.69) is 10.6 Å². The van der Waals surface area contributed by atoms with Crippen molar-refractivity contribution in [1.82, 2.24) is 15.5 Å². The van der Waals surface area contributed by atoms with Crippen LogP contribution in [0.25, 0.3) is 0 Å². The van der Waals surface area contributed by atoms with Crippen LogP contribution in [0.2, 0.25) is 0 Å². The van der Waals surface area contributed by atoms with Crippen molar-refractivity contribution < 1.29 is 19.5 Å². The van der Waals surface area contributed by atoms with E-state index in [1.54, 1.807) is 4.90 Å². The van der Waals surface area contributed by atoms with Crippen molar-refractivity contribution in [2.75, 3.05) is 13.1 Å². The molecule has 0 radical (unpaired) electrons. The van der Waals surface area contributed by atoms with E-state index in [0.717, 1.165) is 36.8 Å². The van der Waals surface area contributed by atoms with Gasteiger partial charge in [-0.15, -0.1) is 0 Å². The van der Waals surface area contributed by atoms with Gasteiger partial charge in [0.05, 0.1) is 5.92 Å². The monoisotopic (exact) mass is 387 g/mol. The van der Waals surface area contributed by atoms with Gasteiger partial charge in [-0.05, 0) is 30.4 Å².